The minimum Gasteiger partial charge on any atom is -0.307 e. The molecule has 0 radical (unpaired) electrons. The summed E-state index contributed by atoms with van der Waals surface area (Å²) in [6.07, 6.45) is 5.28. The molecule has 1 aromatic rings. The van der Waals surface area contributed by atoms with Gasteiger partial charge in [-0.2, -0.15) is 0 Å². The lowest BCUT2D eigenvalue weighted by Gasteiger charge is -2.41. The van der Waals surface area contributed by atoms with E-state index in [0.717, 1.165) is 9.50 Å². The van der Waals surface area contributed by atoms with E-state index in [0.29, 0.717) is 17.5 Å². The van der Waals surface area contributed by atoms with E-state index < -0.39 is 0 Å². The zero-order valence-corrected chi connectivity index (χ0v) is 14.3. The van der Waals surface area contributed by atoms with Gasteiger partial charge in [-0.15, -0.1) is 0 Å². The van der Waals surface area contributed by atoms with Gasteiger partial charge >= 0.3 is 0 Å². The van der Waals surface area contributed by atoms with Crippen LogP contribution in [0.4, 0.5) is 0 Å². The van der Waals surface area contributed by atoms with Crippen LogP contribution < -0.4 is 5.32 Å². The predicted molar refractivity (Wildman–Crippen MR) is 86.7 cm³/mol. The minimum absolute atomic E-state index is 0.294. The molecule has 1 nitrogen and oxygen atoms in total. The number of nitrogens with one attached hydrogen (secondary N) is 1. The molecule has 1 saturated carbocycles. The van der Waals surface area contributed by atoms with E-state index in [4.69, 9.17) is 11.6 Å². The van der Waals surface area contributed by atoms with Crippen LogP contribution in [0.3, 0.4) is 0 Å². The SMILES string of the molecule is CC(NC1CCCCC1(C)C)c1ccc(Br)cc1Cl. The van der Waals surface area contributed by atoms with Gasteiger partial charge in [-0.3, -0.25) is 0 Å². The minimum atomic E-state index is 0.294. The molecule has 2 atom stereocenters. The summed E-state index contributed by atoms with van der Waals surface area (Å²) in [5.74, 6) is 0. The highest BCUT2D eigenvalue weighted by Gasteiger charge is 2.33. The van der Waals surface area contributed by atoms with E-state index in [1.165, 1.54) is 31.2 Å². The number of hydrogen-bond donors (Lipinski definition) is 1. The Morgan fingerprint density at radius 2 is 2.11 bits per heavy atom. The van der Waals surface area contributed by atoms with Gasteiger partial charge in [0, 0.05) is 21.6 Å². The van der Waals surface area contributed by atoms with Gasteiger partial charge < -0.3 is 5.32 Å². The molecule has 1 fully saturated rings. The molecular weight excluding hydrogens is 322 g/mol. The molecule has 3 heteroatoms. The lowest BCUT2D eigenvalue weighted by molar-refractivity contribution is 0.157. The van der Waals surface area contributed by atoms with Crippen molar-refractivity contribution < 1.29 is 0 Å². The standard InChI is InChI=1S/C16H23BrClN/c1-11(13-8-7-12(17)10-14(13)18)19-15-6-4-5-9-16(15,2)3/h7-8,10-11,15,19H,4-6,9H2,1-3H3. The molecule has 0 heterocycles. The first-order valence-electron chi connectivity index (χ1n) is 7.11. The highest BCUT2D eigenvalue weighted by atomic mass is 79.9. The summed E-state index contributed by atoms with van der Waals surface area (Å²) < 4.78 is 1.03. The third-order valence-electron chi connectivity index (χ3n) is 4.39. The Morgan fingerprint density at radius 3 is 2.74 bits per heavy atom. The smallest absolute Gasteiger partial charge is 0.0464 e. The first-order valence-corrected chi connectivity index (χ1v) is 8.28. The summed E-state index contributed by atoms with van der Waals surface area (Å²) in [6, 6.07) is 7.02. The molecule has 1 aromatic carbocycles. The lowest BCUT2D eigenvalue weighted by Crippen LogP contribution is -2.45. The topological polar surface area (TPSA) is 12.0 Å². The number of benzene rings is 1. The summed E-state index contributed by atoms with van der Waals surface area (Å²) >= 11 is 9.80. The van der Waals surface area contributed by atoms with Crippen LogP contribution in [0, 0.1) is 5.41 Å². The maximum absolute atomic E-state index is 6.34. The fourth-order valence-electron chi connectivity index (χ4n) is 3.05. The summed E-state index contributed by atoms with van der Waals surface area (Å²) in [5, 5.41) is 4.62. The van der Waals surface area contributed by atoms with Gasteiger partial charge in [0.15, 0.2) is 0 Å². The molecule has 1 N–H and O–H groups in total. The fourth-order valence-corrected chi connectivity index (χ4v) is 3.88. The van der Waals surface area contributed by atoms with Crippen LogP contribution in [0.2, 0.25) is 5.02 Å². The Bertz CT molecular complexity index is 444. The molecule has 2 rings (SSSR count). The maximum atomic E-state index is 6.34. The highest BCUT2D eigenvalue weighted by Crippen LogP contribution is 2.37. The first kappa shape index (κ1) is 15.3. The lowest BCUT2D eigenvalue weighted by atomic mass is 9.73. The highest BCUT2D eigenvalue weighted by molar-refractivity contribution is 9.10. The summed E-state index contributed by atoms with van der Waals surface area (Å²) in [5.41, 5.74) is 1.57. The monoisotopic (exact) mass is 343 g/mol. The normalized spacial score (nSPS) is 24.2. The van der Waals surface area contributed by atoms with E-state index in [2.05, 4.69) is 54.2 Å². The molecule has 19 heavy (non-hydrogen) atoms. The van der Waals surface area contributed by atoms with Crippen molar-refractivity contribution in [2.45, 2.75) is 58.5 Å². The van der Waals surface area contributed by atoms with Gasteiger partial charge in [-0.05, 0) is 42.9 Å². The Hall–Kier alpha value is -0.0500. The van der Waals surface area contributed by atoms with E-state index in [1.54, 1.807) is 0 Å². The number of rotatable bonds is 3. The van der Waals surface area contributed by atoms with Gasteiger partial charge in [0.2, 0.25) is 0 Å². The summed E-state index contributed by atoms with van der Waals surface area (Å²) in [6.45, 7) is 6.96. The van der Waals surface area contributed by atoms with Crippen LogP contribution in [0.1, 0.15) is 58.1 Å². The van der Waals surface area contributed by atoms with E-state index >= 15 is 0 Å². The van der Waals surface area contributed by atoms with Crippen molar-refractivity contribution in [1.82, 2.24) is 5.32 Å². The van der Waals surface area contributed by atoms with E-state index in [1.807, 2.05) is 6.07 Å². The Morgan fingerprint density at radius 1 is 1.37 bits per heavy atom. The maximum Gasteiger partial charge on any atom is 0.0464 e. The van der Waals surface area contributed by atoms with Crippen LogP contribution in [-0.4, -0.2) is 6.04 Å². The molecule has 0 aliphatic heterocycles. The summed E-state index contributed by atoms with van der Waals surface area (Å²) in [7, 11) is 0. The van der Waals surface area contributed by atoms with Crippen LogP contribution in [0.15, 0.2) is 22.7 Å². The van der Waals surface area contributed by atoms with Crippen molar-refractivity contribution in [1.29, 1.82) is 0 Å². The van der Waals surface area contributed by atoms with Crippen LogP contribution in [0.25, 0.3) is 0 Å². The fraction of sp³-hybridized carbons (Fsp3) is 0.625. The zero-order chi connectivity index (χ0) is 14.0. The molecule has 106 valence electrons. The number of halogens is 2. The molecule has 0 bridgehead atoms. The predicted octanol–water partition coefficient (Wildman–Crippen LogP) is 5.72. The van der Waals surface area contributed by atoms with Crippen molar-refractivity contribution in [2.24, 2.45) is 5.41 Å². The first-order chi connectivity index (χ1) is 8.90. The zero-order valence-electron chi connectivity index (χ0n) is 12.0. The molecule has 0 aromatic heterocycles. The molecule has 1 aliphatic rings. The van der Waals surface area contributed by atoms with Gasteiger partial charge in [-0.1, -0.05) is 60.3 Å². The average molecular weight is 345 g/mol. The molecule has 0 saturated heterocycles. The second-order valence-corrected chi connectivity index (χ2v) is 7.66. The molecular formula is C16H23BrClN. The van der Waals surface area contributed by atoms with Crippen molar-refractivity contribution in [3.63, 3.8) is 0 Å². The largest absolute Gasteiger partial charge is 0.307 e. The average Bonchev–Trinajstić information content (AvgIpc) is 2.31. The third kappa shape index (κ3) is 3.74. The quantitative estimate of drug-likeness (QED) is 0.739. The van der Waals surface area contributed by atoms with Crippen LogP contribution >= 0.6 is 27.5 Å². The van der Waals surface area contributed by atoms with Gasteiger partial charge in [0.05, 0.1) is 0 Å². The Labute approximate surface area is 130 Å². The van der Waals surface area contributed by atoms with E-state index in [9.17, 15) is 0 Å². The third-order valence-corrected chi connectivity index (χ3v) is 5.21. The van der Waals surface area contributed by atoms with Crippen LogP contribution in [-0.2, 0) is 0 Å². The van der Waals surface area contributed by atoms with E-state index in [-0.39, 0.29) is 0 Å². The van der Waals surface area contributed by atoms with Gasteiger partial charge in [0.25, 0.3) is 0 Å². The molecule has 0 amide bonds. The second kappa shape index (κ2) is 6.15. The van der Waals surface area contributed by atoms with Crippen molar-refractivity contribution >= 4 is 27.5 Å². The Kier molecular flexibility index (Phi) is 4.97. The van der Waals surface area contributed by atoms with Crippen molar-refractivity contribution in [3.05, 3.63) is 33.3 Å². The number of hydrogen-bond acceptors (Lipinski definition) is 1. The van der Waals surface area contributed by atoms with Crippen molar-refractivity contribution in [2.75, 3.05) is 0 Å². The second-order valence-electron chi connectivity index (χ2n) is 6.34. The van der Waals surface area contributed by atoms with Crippen LogP contribution in [0.5, 0.6) is 0 Å². The van der Waals surface area contributed by atoms with Gasteiger partial charge in [-0.25, -0.2) is 0 Å². The van der Waals surface area contributed by atoms with Gasteiger partial charge in [0.1, 0.15) is 0 Å². The molecule has 2 unspecified atom stereocenters. The molecule has 1 aliphatic carbocycles. The summed E-state index contributed by atoms with van der Waals surface area (Å²) in [4.78, 5) is 0. The Balaban J connectivity index is 2.09. The molecule has 0 spiro atoms. The van der Waals surface area contributed by atoms with Crippen molar-refractivity contribution in [3.8, 4) is 0 Å².